The highest BCUT2D eigenvalue weighted by Gasteiger charge is 2.16. The van der Waals surface area contributed by atoms with Gasteiger partial charge in [0.1, 0.15) is 11.9 Å². The van der Waals surface area contributed by atoms with Crippen LogP contribution in [0.5, 0.6) is 5.75 Å². The fourth-order valence-corrected chi connectivity index (χ4v) is 2.62. The van der Waals surface area contributed by atoms with Crippen molar-refractivity contribution in [1.29, 1.82) is 0 Å². The molecule has 0 aliphatic rings. The Morgan fingerprint density at radius 3 is 2.35 bits per heavy atom. The first-order valence-electron chi connectivity index (χ1n) is 7.41. The Labute approximate surface area is 146 Å². The van der Waals surface area contributed by atoms with E-state index in [2.05, 4.69) is 5.32 Å². The minimum atomic E-state index is -0.763. The van der Waals surface area contributed by atoms with Crippen LogP contribution in [0.15, 0.2) is 48.5 Å². The van der Waals surface area contributed by atoms with E-state index >= 15 is 0 Å². The molecule has 23 heavy (non-hydrogen) atoms. The van der Waals surface area contributed by atoms with E-state index in [1.54, 1.807) is 30.3 Å². The van der Waals surface area contributed by atoms with Crippen LogP contribution in [0.1, 0.15) is 12.8 Å². The summed E-state index contributed by atoms with van der Waals surface area (Å²) in [5.74, 6) is 0.639. The van der Waals surface area contributed by atoms with Gasteiger partial charge in [0.15, 0.2) is 6.23 Å². The van der Waals surface area contributed by atoms with Gasteiger partial charge >= 0.3 is 0 Å². The molecule has 0 aliphatic carbocycles. The second-order valence-electron chi connectivity index (χ2n) is 5.13. The number of aliphatic hydroxyl groups excluding tert-OH is 1. The summed E-state index contributed by atoms with van der Waals surface area (Å²) in [7, 11) is 0. The summed E-state index contributed by atoms with van der Waals surface area (Å²) in [5, 5.41) is 14.4. The topological polar surface area (TPSA) is 67.5 Å². The van der Waals surface area contributed by atoms with E-state index in [-0.39, 0.29) is 0 Å². The molecule has 0 aliphatic heterocycles. The summed E-state index contributed by atoms with van der Waals surface area (Å²) in [6, 6.07) is 14.5. The van der Waals surface area contributed by atoms with E-state index in [0.29, 0.717) is 40.9 Å². The lowest BCUT2D eigenvalue weighted by Crippen LogP contribution is -2.40. The third kappa shape index (κ3) is 5.59. The second-order valence-corrected chi connectivity index (χ2v) is 5.94. The SMILES string of the molecule is NC(Oc1ccccc1)C(O)CCCNc1c(Cl)cccc1Cl. The van der Waals surface area contributed by atoms with Crippen molar-refractivity contribution in [3.63, 3.8) is 0 Å². The minimum absolute atomic E-state index is 0.503. The number of hydrogen-bond acceptors (Lipinski definition) is 4. The van der Waals surface area contributed by atoms with Gasteiger partial charge < -0.3 is 15.2 Å². The number of aliphatic hydroxyl groups is 1. The maximum atomic E-state index is 10.1. The predicted octanol–water partition coefficient (Wildman–Crippen LogP) is 3.91. The summed E-state index contributed by atoms with van der Waals surface area (Å²) in [6.45, 7) is 0.624. The van der Waals surface area contributed by atoms with Crippen LogP contribution in [-0.4, -0.2) is 24.0 Å². The fraction of sp³-hybridized carbons (Fsp3) is 0.294. The predicted molar refractivity (Wildman–Crippen MR) is 95.2 cm³/mol. The van der Waals surface area contributed by atoms with Gasteiger partial charge in [0.05, 0.1) is 15.7 Å². The molecule has 0 fully saturated rings. The Hall–Kier alpha value is -1.46. The van der Waals surface area contributed by atoms with Crippen LogP contribution in [0.25, 0.3) is 0 Å². The van der Waals surface area contributed by atoms with Gasteiger partial charge in [-0.15, -0.1) is 0 Å². The minimum Gasteiger partial charge on any atom is -0.473 e. The van der Waals surface area contributed by atoms with Gasteiger partial charge in [0.2, 0.25) is 0 Å². The third-order valence-electron chi connectivity index (χ3n) is 3.34. The molecule has 4 N–H and O–H groups in total. The summed E-state index contributed by atoms with van der Waals surface area (Å²) in [5.41, 5.74) is 6.56. The number of rotatable bonds is 8. The first kappa shape index (κ1) is 17.9. The summed E-state index contributed by atoms with van der Waals surface area (Å²) in [4.78, 5) is 0. The average Bonchev–Trinajstić information content (AvgIpc) is 2.54. The number of anilines is 1. The van der Waals surface area contributed by atoms with E-state index < -0.39 is 12.3 Å². The Bertz CT molecular complexity index is 591. The molecule has 0 amide bonds. The number of benzene rings is 2. The molecule has 2 atom stereocenters. The van der Waals surface area contributed by atoms with Crippen molar-refractivity contribution >= 4 is 28.9 Å². The fourth-order valence-electron chi connectivity index (χ4n) is 2.09. The van der Waals surface area contributed by atoms with Crippen LogP contribution in [0.4, 0.5) is 5.69 Å². The zero-order chi connectivity index (χ0) is 16.7. The van der Waals surface area contributed by atoms with E-state index in [0.717, 1.165) is 0 Å². The molecule has 2 aromatic carbocycles. The molecular formula is C17H20Cl2N2O2. The molecule has 2 unspecified atom stereocenters. The Morgan fingerprint density at radius 1 is 1.04 bits per heavy atom. The van der Waals surface area contributed by atoms with Crippen molar-refractivity contribution in [3.8, 4) is 5.75 Å². The quantitative estimate of drug-likeness (QED) is 0.496. The number of nitrogens with one attached hydrogen (secondary N) is 1. The van der Waals surface area contributed by atoms with Gasteiger partial charge in [-0.2, -0.15) is 0 Å². The number of ether oxygens (including phenoxy) is 1. The lowest BCUT2D eigenvalue weighted by molar-refractivity contribution is 0.0340. The molecule has 2 aromatic rings. The molecule has 0 heterocycles. The van der Waals surface area contributed by atoms with Crippen molar-refractivity contribution in [1.82, 2.24) is 0 Å². The lowest BCUT2D eigenvalue weighted by Gasteiger charge is -2.20. The highest BCUT2D eigenvalue weighted by atomic mass is 35.5. The summed E-state index contributed by atoms with van der Waals surface area (Å²) in [6.07, 6.45) is -0.308. The molecule has 0 aromatic heterocycles. The first-order valence-corrected chi connectivity index (χ1v) is 8.17. The third-order valence-corrected chi connectivity index (χ3v) is 3.97. The lowest BCUT2D eigenvalue weighted by atomic mass is 10.1. The van der Waals surface area contributed by atoms with Gasteiger partial charge in [-0.05, 0) is 37.1 Å². The molecule has 2 rings (SSSR count). The number of hydrogen-bond donors (Lipinski definition) is 3. The maximum absolute atomic E-state index is 10.1. The largest absolute Gasteiger partial charge is 0.473 e. The highest BCUT2D eigenvalue weighted by Crippen LogP contribution is 2.29. The van der Waals surface area contributed by atoms with E-state index in [1.165, 1.54) is 0 Å². The van der Waals surface area contributed by atoms with E-state index in [4.69, 9.17) is 33.7 Å². The standard InChI is InChI=1S/C17H20Cl2N2O2/c18-13-8-4-9-14(19)16(13)21-11-5-10-15(22)17(20)23-12-6-2-1-3-7-12/h1-4,6-9,15,17,21-22H,5,10-11,20H2. The molecule has 0 radical (unpaired) electrons. The zero-order valence-electron chi connectivity index (χ0n) is 12.6. The van der Waals surface area contributed by atoms with Crippen LogP contribution >= 0.6 is 23.2 Å². The van der Waals surface area contributed by atoms with Crippen molar-refractivity contribution in [3.05, 3.63) is 58.6 Å². The Balaban J connectivity index is 1.73. The van der Waals surface area contributed by atoms with Crippen LogP contribution in [0, 0.1) is 0 Å². The normalized spacial score (nSPS) is 13.4. The van der Waals surface area contributed by atoms with Crippen LogP contribution in [-0.2, 0) is 0 Å². The van der Waals surface area contributed by atoms with E-state index in [9.17, 15) is 5.11 Å². The number of halogens is 2. The van der Waals surface area contributed by atoms with Crippen molar-refractivity contribution in [2.45, 2.75) is 25.2 Å². The van der Waals surface area contributed by atoms with Crippen molar-refractivity contribution in [2.24, 2.45) is 5.73 Å². The molecule has 0 spiro atoms. The average molecular weight is 355 g/mol. The second kappa shape index (κ2) is 8.99. The smallest absolute Gasteiger partial charge is 0.173 e. The number of para-hydroxylation sites is 2. The van der Waals surface area contributed by atoms with Crippen LogP contribution in [0.2, 0.25) is 10.0 Å². The number of nitrogens with two attached hydrogens (primary N) is 1. The Morgan fingerprint density at radius 2 is 1.70 bits per heavy atom. The van der Waals surface area contributed by atoms with Crippen LogP contribution in [0.3, 0.4) is 0 Å². The molecule has 124 valence electrons. The summed E-state index contributed by atoms with van der Waals surface area (Å²) >= 11 is 12.2. The Kier molecular flexibility index (Phi) is 6.99. The molecule has 6 heteroatoms. The van der Waals surface area contributed by atoms with Crippen molar-refractivity contribution in [2.75, 3.05) is 11.9 Å². The molecule has 0 bridgehead atoms. The van der Waals surface area contributed by atoms with Gasteiger partial charge in [-0.1, -0.05) is 47.5 Å². The van der Waals surface area contributed by atoms with Gasteiger partial charge in [-0.3, -0.25) is 5.73 Å². The molecular weight excluding hydrogens is 335 g/mol. The first-order chi connectivity index (χ1) is 11.1. The monoisotopic (exact) mass is 354 g/mol. The zero-order valence-corrected chi connectivity index (χ0v) is 14.1. The molecule has 0 saturated carbocycles. The van der Waals surface area contributed by atoms with Gasteiger partial charge in [0, 0.05) is 6.54 Å². The van der Waals surface area contributed by atoms with Crippen molar-refractivity contribution < 1.29 is 9.84 Å². The van der Waals surface area contributed by atoms with Gasteiger partial charge in [0.25, 0.3) is 0 Å². The molecule has 0 saturated heterocycles. The van der Waals surface area contributed by atoms with Crippen LogP contribution < -0.4 is 15.8 Å². The van der Waals surface area contributed by atoms with Gasteiger partial charge in [-0.25, -0.2) is 0 Å². The highest BCUT2D eigenvalue weighted by molar-refractivity contribution is 6.39. The molecule has 4 nitrogen and oxygen atoms in total. The maximum Gasteiger partial charge on any atom is 0.173 e. The van der Waals surface area contributed by atoms with E-state index in [1.807, 2.05) is 18.2 Å². The summed E-state index contributed by atoms with van der Waals surface area (Å²) < 4.78 is 5.49.